The molecule has 7 heteroatoms. The van der Waals surface area contributed by atoms with E-state index in [9.17, 15) is 9.59 Å². The summed E-state index contributed by atoms with van der Waals surface area (Å²) in [6, 6.07) is 1.89. The highest BCUT2D eigenvalue weighted by molar-refractivity contribution is 5.75. The lowest BCUT2D eigenvalue weighted by atomic mass is 10.1. The summed E-state index contributed by atoms with van der Waals surface area (Å²) in [5, 5.41) is 6.68. The Morgan fingerprint density at radius 2 is 2.12 bits per heavy atom. The standard InChI is InChI=1S/C17H24N4O3/c1-10(2)16-20-15(24-21-16)7-5-6-14(22)18-9-13-11(3)8-12(4)19-17(13)23/h8,10H,5-7,9H2,1-4H3,(H,18,22)(H,19,23). The van der Waals surface area contributed by atoms with Crippen molar-refractivity contribution in [3.05, 3.63) is 45.0 Å². The minimum Gasteiger partial charge on any atom is -0.352 e. The molecule has 0 atom stereocenters. The Kier molecular flexibility index (Phi) is 5.89. The zero-order valence-electron chi connectivity index (χ0n) is 14.6. The number of pyridine rings is 1. The third-order valence-electron chi connectivity index (χ3n) is 3.75. The average molecular weight is 332 g/mol. The highest BCUT2D eigenvalue weighted by Crippen LogP contribution is 2.11. The van der Waals surface area contributed by atoms with Gasteiger partial charge in [-0.2, -0.15) is 4.98 Å². The smallest absolute Gasteiger partial charge is 0.253 e. The maximum atomic E-state index is 11.9. The summed E-state index contributed by atoms with van der Waals surface area (Å²) < 4.78 is 5.14. The van der Waals surface area contributed by atoms with Crippen molar-refractivity contribution in [1.82, 2.24) is 20.4 Å². The molecule has 2 rings (SSSR count). The third-order valence-corrected chi connectivity index (χ3v) is 3.75. The highest BCUT2D eigenvalue weighted by atomic mass is 16.5. The quantitative estimate of drug-likeness (QED) is 0.809. The van der Waals surface area contributed by atoms with Gasteiger partial charge in [0.15, 0.2) is 5.82 Å². The fourth-order valence-corrected chi connectivity index (χ4v) is 2.38. The first-order valence-corrected chi connectivity index (χ1v) is 8.15. The first-order chi connectivity index (χ1) is 11.4. The van der Waals surface area contributed by atoms with Crippen molar-refractivity contribution in [3.8, 4) is 0 Å². The van der Waals surface area contributed by atoms with Gasteiger partial charge in [0.25, 0.3) is 5.56 Å². The van der Waals surface area contributed by atoms with Gasteiger partial charge in [0, 0.05) is 36.6 Å². The van der Waals surface area contributed by atoms with Gasteiger partial charge in [0.1, 0.15) is 0 Å². The van der Waals surface area contributed by atoms with Gasteiger partial charge in [-0.3, -0.25) is 9.59 Å². The number of carbonyl (C=O) groups excluding carboxylic acids is 1. The number of nitrogens with one attached hydrogen (secondary N) is 2. The van der Waals surface area contributed by atoms with E-state index >= 15 is 0 Å². The number of H-pyrrole nitrogens is 1. The van der Waals surface area contributed by atoms with Crippen LogP contribution in [0.5, 0.6) is 0 Å². The molecule has 0 aliphatic heterocycles. The monoisotopic (exact) mass is 332 g/mol. The average Bonchev–Trinajstić information content (AvgIpc) is 2.95. The summed E-state index contributed by atoms with van der Waals surface area (Å²) in [4.78, 5) is 30.8. The molecular formula is C17H24N4O3. The van der Waals surface area contributed by atoms with Gasteiger partial charge in [-0.25, -0.2) is 0 Å². The van der Waals surface area contributed by atoms with E-state index in [4.69, 9.17) is 4.52 Å². The van der Waals surface area contributed by atoms with Crippen LogP contribution in [0.15, 0.2) is 15.4 Å². The molecule has 2 aromatic rings. The second kappa shape index (κ2) is 7.90. The molecule has 24 heavy (non-hydrogen) atoms. The maximum absolute atomic E-state index is 11.9. The van der Waals surface area contributed by atoms with E-state index in [0.717, 1.165) is 11.3 Å². The van der Waals surface area contributed by atoms with Crippen molar-refractivity contribution in [2.24, 2.45) is 0 Å². The van der Waals surface area contributed by atoms with Crippen molar-refractivity contribution in [1.29, 1.82) is 0 Å². The number of hydrogen-bond donors (Lipinski definition) is 2. The molecule has 0 unspecified atom stereocenters. The molecule has 0 aliphatic carbocycles. The van der Waals surface area contributed by atoms with E-state index in [1.54, 1.807) is 0 Å². The Balaban J connectivity index is 1.78. The van der Waals surface area contributed by atoms with E-state index in [1.807, 2.05) is 33.8 Å². The first-order valence-electron chi connectivity index (χ1n) is 8.15. The summed E-state index contributed by atoms with van der Waals surface area (Å²) in [5.41, 5.74) is 2.13. The summed E-state index contributed by atoms with van der Waals surface area (Å²) in [6.45, 7) is 7.93. The number of aromatic nitrogens is 3. The van der Waals surface area contributed by atoms with Gasteiger partial charge in [-0.05, 0) is 31.9 Å². The van der Waals surface area contributed by atoms with Crippen molar-refractivity contribution in [2.45, 2.75) is 59.4 Å². The summed E-state index contributed by atoms with van der Waals surface area (Å²) in [7, 11) is 0. The molecule has 0 aromatic carbocycles. The minimum atomic E-state index is -0.153. The van der Waals surface area contributed by atoms with E-state index in [2.05, 4.69) is 20.4 Å². The second-order valence-corrected chi connectivity index (χ2v) is 6.27. The molecule has 2 heterocycles. The van der Waals surface area contributed by atoms with Gasteiger partial charge in [0.2, 0.25) is 11.8 Å². The Bertz CT molecular complexity index is 761. The Morgan fingerprint density at radius 3 is 2.75 bits per heavy atom. The van der Waals surface area contributed by atoms with Crippen molar-refractivity contribution in [3.63, 3.8) is 0 Å². The molecule has 0 saturated carbocycles. The normalized spacial score (nSPS) is 11.0. The van der Waals surface area contributed by atoms with Crippen LogP contribution in [0.4, 0.5) is 0 Å². The van der Waals surface area contributed by atoms with E-state index < -0.39 is 0 Å². The van der Waals surface area contributed by atoms with Crippen LogP contribution in [0.25, 0.3) is 0 Å². The van der Waals surface area contributed by atoms with E-state index in [1.165, 1.54) is 0 Å². The van der Waals surface area contributed by atoms with Crippen molar-refractivity contribution < 1.29 is 9.32 Å². The molecule has 0 bridgehead atoms. The topological polar surface area (TPSA) is 101 Å². The lowest BCUT2D eigenvalue weighted by Gasteiger charge is -2.07. The van der Waals surface area contributed by atoms with Crippen LogP contribution < -0.4 is 10.9 Å². The summed E-state index contributed by atoms with van der Waals surface area (Å²) in [5.74, 6) is 1.36. The van der Waals surface area contributed by atoms with E-state index in [0.29, 0.717) is 36.5 Å². The van der Waals surface area contributed by atoms with Crippen LogP contribution in [0.1, 0.15) is 61.1 Å². The highest BCUT2D eigenvalue weighted by Gasteiger charge is 2.11. The summed E-state index contributed by atoms with van der Waals surface area (Å²) >= 11 is 0. The lowest BCUT2D eigenvalue weighted by molar-refractivity contribution is -0.121. The molecule has 7 nitrogen and oxygen atoms in total. The molecule has 1 amide bonds. The predicted octanol–water partition coefficient (Wildman–Crippen LogP) is 2.14. The Labute approximate surface area is 140 Å². The van der Waals surface area contributed by atoms with Crippen LogP contribution >= 0.6 is 0 Å². The Hall–Kier alpha value is -2.44. The number of rotatable bonds is 7. The maximum Gasteiger partial charge on any atom is 0.253 e. The molecular weight excluding hydrogens is 308 g/mol. The third kappa shape index (κ3) is 4.78. The number of amides is 1. The first kappa shape index (κ1) is 17.9. The molecule has 130 valence electrons. The van der Waals surface area contributed by atoms with Gasteiger partial charge >= 0.3 is 0 Å². The number of carbonyl (C=O) groups is 1. The van der Waals surface area contributed by atoms with Crippen LogP contribution in [-0.4, -0.2) is 21.0 Å². The molecule has 0 fully saturated rings. The SMILES string of the molecule is Cc1cc(C)c(CNC(=O)CCCc2nc(C(C)C)no2)c(=O)[nH]1. The largest absolute Gasteiger partial charge is 0.352 e. The zero-order chi connectivity index (χ0) is 17.7. The van der Waals surface area contributed by atoms with Crippen LogP contribution in [0, 0.1) is 13.8 Å². The zero-order valence-corrected chi connectivity index (χ0v) is 14.6. The van der Waals surface area contributed by atoms with E-state index in [-0.39, 0.29) is 23.9 Å². The molecule has 0 saturated heterocycles. The van der Waals surface area contributed by atoms with Crippen LogP contribution in [-0.2, 0) is 17.8 Å². The van der Waals surface area contributed by atoms with Crippen molar-refractivity contribution in [2.75, 3.05) is 0 Å². The minimum absolute atomic E-state index is 0.0991. The predicted molar refractivity (Wildman–Crippen MR) is 89.7 cm³/mol. The van der Waals surface area contributed by atoms with Crippen molar-refractivity contribution >= 4 is 5.91 Å². The molecule has 0 aliphatic rings. The second-order valence-electron chi connectivity index (χ2n) is 6.27. The van der Waals surface area contributed by atoms with Crippen LogP contribution in [0.2, 0.25) is 0 Å². The molecule has 0 radical (unpaired) electrons. The summed E-state index contributed by atoms with van der Waals surface area (Å²) in [6.07, 6.45) is 1.54. The number of hydrogen-bond acceptors (Lipinski definition) is 5. The van der Waals surface area contributed by atoms with Gasteiger partial charge in [-0.1, -0.05) is 19.0 Å². The van der Waals surface area contributed by atoms with Gasteiger partial charge < -0.3 is 14.8 Å². The number of nitrogens with zero attached hydrogens (tertiary/aromatic N) is 2. The fourth-order valence-electron chi connectivity index (χ4n) is 2.38. The number of aryl methyl sites for hydroxylation is 3. The molecule has 2 aromatic heterocycles. The van der Waals surface area contributed by atoms with Gasteiger partial charge in [0.05, 0.1) is 0 Å². The molecule has 2 N–H and O–H groups in total. The van der Waals surface area contributed by atoms with Crippen LogP contribution in [0.3, 0.4) is 0 Å². The number of aromatic amines is 1. The Morgan fingerprint density at radius 1 is 1.38 bits per heavy atom. The fraction of sp³-hybridized carbons (Fsp3) is 0.529. The lowest BCUT2D eigenvalue weighted by Crippen LogP contribution is -2.27. The molecule has 0 spiro atoms. The van der Waals surface area contributed by atoms with Gasteiger partial charge in [-0.15, -0.1) is 0 Å².